The molecule has 2 aliphatic heterocycles. The summed E-state index contributed by atoms with van der Waals surface area (Å²) in [6.07, 6.45) is 1.38. The maximum Gasteiger partial charge on any atom is 0.338 e. The van der Waals surface area contributed by atoms with Crippen LogP contribution in [0.25, 0.3) is 0 Å². The molecule has 3 heterocycles. The lowest BCUT2D eigenvalue weighted by Crippen LogP contribution is -2.34. The number of carbonyl (C=O) groups excluding carboxylic acids is 1. The molecule has 0 N–H and O–H groups in total. The lowest BCUT2D eigenvalue weighted by Gasteiger charge is -2.23. The van der Waals surface area contributed by atoms with Crippen LogP contribution in [-0.4, -0.2) is 34.3 Å². The highest BCUT2D eigenvalue weighted by molar-refractivity contribution is 5.89. The third kappa shape index (κ3) is 2.56. The van der Waals surface area contributed by atoms with E-state index in [2.05, 4.69) is 4.98 Å². The van der Waals surface area contributed by atoms with Gasteiger partial charge in [-0.05, 0) is 19.1 Å². The SMILES string of the molecule is Cc1cn2c(nc1=O)O[C@@H]1C[C@H]2O[C@@H]1COC(=O)c1ccccc1. The summed E-state index contributed by atoms with van der Waals surface area (Å²) in [5, 5.41) is 0. The molecule has 2 bridgehead atoms. The molecule has 0 amide bonds. The number of fused-ring (bicyclic) bond motifs is 4. The van der Waals surface area contributed by atoms with Gasteiger partial charge in [0.05, 0.1) is 5.56 Å². The van der Waals surface area contributed by atoms with Crippen LogP contribution in [0, 0.1) is 6.92 Å². The second kappa shape index (κ2) is 5.76. The number of benzene rings is 1. The molecule has 7 nitrogen and oxygen atoms in total. The minimum Gasteiger partial charge on any atom is -0.459 e. The zero-order chi connectivity index (χ0) is 16.7. The summed E-state index contributed by atoms with van der Waals surface area (Å²) in [5.41, 5.74) is 0.711. The standard InChI is InChI=1S/C17H16N2O5/c1-10-8-19-14-7-12(24-17(19)18-15(10)20)13(23-14)9-22-16(21)11-5-3-2-4-6-11/h2-6,8,12-14H,7,9H2,1H3/t12-,13-,14-/m1/s1. The number of carbonyl (C=O) groups is 1. The van der Waals surface area contributed by atoms with Crippen LogP contribution in [-0.2, 0) is 9.47 Å². The highest BCUT2D eigenvalue weighted by atomic mass is 16.6. The summed E-state index contributed by atoms with van der Waals surface area (Å²) < 4.78 is 18.7. The minimum absolute atomic E-state index is 0.0899. The summed E-state index contributed by atoms with van der Waals surface area (Å²) in [5.74, 6) is -0.401. The van der Waals surface area contributed by atoms with Gasteiger partial charge in [0.1, 0.15) is 25.0 Å². The topological polar surface area (TPSA) is 79.7 Å². The van der Waals surface area contributed by atoms with Gasteiger partial charge >= 0.3 is 12.0 Å². The number of nitrogens with zero attached hydrogens (tertiary/aromatic N) is 2. The van der Waals surface area contributed by atoms with Crippen molar-refractivity contribution >= 4 is 5.97 Å². The van der Waals surface area contributed by atoms with E-state index in [1.165, 1.54) is 0 Å². The number of esters is 1. The van der Waals surface area contributed by atoms with Crippen molar-refractivity contribution in [3.63, 3.8) is 0 Å². The maximum absolute atomic E-state index is 12.0. The molecule has 1 aromatic heterocycles. The molecule has 0 unspecified atom stereocenters. The number of aromatic nitrogens is 2. The van der Waals surface area contributed by atoms with Crippen molar-refractivity contribution in [2.45, 2.75) is 31.8 Å². The van der Waals surface area contributed by atoms with Crippen LogP contribution < -0.4 is 10.3 Å². The molecule has 0 aliphatic carbocycles. The number of aryl methyl sites for hydroxylation is 1. The largest absolute Gasteiger partial charge is 0.459 e. The molecule has 1 aromatic carbocycles. The van der Waals surface area contributed by atoms with Gasteiger partial charge in [-0.2, -0.15) is 4.98 Å². The van der Waals surface area contributed by atoms with Crippen molar-refractivity contribution in [3.05, 3.63) is 58.0 Å². The van der Waals surface area contributed by atoms with Crippen LogP contribution in [0.5, 0.6) is 6.01 Å². The Morgan fingerprint density at radius 3 is 2.96 bits per heavy atom. The Labute approximate surface area is 137 Å². The van der Waals surface area contributed by atoms with Gasteiger partial charge in [-0.1, -0.05) is 18.2 Å². The summed E-state index contributed by atoms with van der Waals surface area (Å²) in [7, 11) is 0. The molecule has 3 atom stereocenters. The van der Waals surface area contributed by atoms with E-state index in [-0.39, 0.29) is 36.6 Å². The first kappa shape index (κ1) is 14.9. The lowest BCUT2D eigenvalue weighted by atomic mass is 10.1. The van der Waals surface area contributed by atoms with E-state index in [9.17, 15) is 9.59 Å². The highest BCUT2D eigenvalue weighted by Crippen LogP contribution is 2.37. The van der Waals surface area contributed by atoms with Gasteiger partial charge in [-0.15, -0.1) is 0 Å². The van der Waals surface area contributed by atoms with Crippen LogP contribution in [0.4, 0.5) is 0 Å². The first-order chi connectivity index (χ1) is 11.6. The van der Waals surface area contributed by atoms with Crippen molar-refractivity contribution in [1.82, 2.24) is 9.55 Å². The molecule has 0 radical (unpaired) electrons. The normalized spacial score (nSPS) is 24.1. The van der Waals surface area contributed by atoms with E-state index < -0.39 is 5.97 Å². The second-order valence-electron chi connectivity index (χ2n) is 5.90. The van der Waals surface area contributed by atoms with Gasteiger partial charge in [0.2, 0.25) is 0 Å². The molecule has 2 aliphatic rings. The lowest BCUT2D eigenvalue weighted by molar-refractivity contribution is -0.0351. The Hall–Kier alpha value is -2.67. The number of ether oxygens (including phenoxy) is 3. The van der Waals surface area contributed by atoms with Crippen molar-refractivity contribution < 1.29 is 19.0 Å². The predicted octanol–water partition coefficient (Wildman–Crippen LogP) is 1.46. The number of hydrogen-bond donors (Lipinski definition) is 0. The Balaban J connectivity index is 1.45. The average molecular weight is 328 g/mol. The van der Waals surface area contributed by atoms with Crippen molar-refractivity contribution in [2.75, 3.05) is 6.61 Å². The monoisotopic (exact) mass is 328 g/mol. The fraction of sp³-hybridized carbons (Fsp3) is 0.353. The van der Waals surface area contributed by atoms with E-state index in [4.69, 9.17) is 14.2 Å². The Bertz CT molecular complexity index is 833. The molecule has 4 rings (SSSR count). The molecule has 0 spiro atoms. The molecular formula is C17H16N2O5. The van der Waals surface area contributed by atoms with Crippen molar-refractivity contribution in [3.8, 4) is 6.01 Å². The Morgan fingerprint density at radius 2 is 2.17 bits per heavy atom. The summed E-state index contributed by atoms with van der Waals surface area (Å²) >= 11 is 0. The molecular weight excluding hydrogens is 312 g/mol. The van der Waals surface area contributed by atoms with E-state index in [1.54, 1.807) is 42.0 Å². The summed E-state index contributed by atoms with van der Waals surface area (Å²) in [6, 6.07) is 9.04. The number of rotatable bonds is 3. The molecule has 124 valence electrons. The highest BCUT2D eigenvalue weighted by Gasteiger charge is 2.43. The maximum atomic E-state index is 12.0. The second-order valence-corrected chi connectivity index (χ2v) is 5.90. The van der Waals surface area contributed by atoms with Gasteiger partial charge < -0.3 is 14.2 Å². The van der Waals surface area contributed by atoms with E-state index in [0.29, 0.717) is 17.5 Å². The van der Waals surface area contributed by atoms with Crippen molar-refractivity contribution in [1.29, 1.82) is 0 Å². The van der Waals surface area contributed by atoms with Crippen LogP contribution in [0.2, 0.25) is 0 Å². The molecule has 2 aromatic rings. The van der Waals surface area contributed by atoms with Crippen LogP contribution in [0.3, 0.4) is 0 Å². The van der Waals surface area contributed by atoms with E-state index in [1.807, 2.05) is 6.07 Å². The third-order valence-electron chi connectivity index (χ3n) is 4.22. The van der Waals surface area contributed by atoms with Crippen LogP contribution in [0.15, 0.2) is 41.3 Å². The summed E-state index contributed by atoms with van der Waals surface area (Å²) in [4.78, 5) is 27.6. The smallest absolute Gasteiger partial charge is 0.338 e. The fourth-order valence-electron chi connectivity index (χ4n) is 2.94. The Kier molecular flexibility index (Phi) is 3.57. The molecule has 1 fully saturated rings. The predicted molar refractivity (Wildman–Crippen MR) is 82.9 cm³/mol. The van der Waals surface area contributed by atoms with E-state index >= 15 is 0 Å². The summed E-state index contributed by atoms with van der Waals surface area (Å²) in [6.45, 7) is 1.79. The number of hydrogen-bond acceptors (Lipinski definition) is 6. The average Bonchev–Trinajstić information content (AvgIpc) is 2.93. The first-order valence-electron chi connectivity index (χ1n) is 7.76. The molecule has 7 heteroatoms. The van der Waals surface area contributed by atoms with Gasteiger partial charge in [0.25, 0.3) is 5.56 Å². The fourth-order valence-corrected chi connectivity index (χ4v) is 2.94. The van der Waals surface area contributed by atoms with Crippen LogP contribution in [0.1, 0.15) is 28.6 Å². The van der Waals surface area contributed by atoms with Crippen molar-refractivity contribution in [2.24, 2.45) is 0 Å². The van der Waals surface area contributed by atoms with Gasteiger partial charge in [-0.25, -0.2) is 4.79 Å². The zero-order valence-corrected chi connectivity index (χ0v) is 13.0. The third-order valence-corrected chi connectivity index (χ3v) is 4.22. The molecule has 0 saturated carbocycles. The van der Waals surface area contributed by atoms with Gasteiger partial charge in [0.15, 0.2) is 0 Å². The van der Waals surface area contributed by atoms with Gasteiger partial charge in [-0.3, -0.25) is 9.36 Å². The quantitative estimate of drug-likeness (QED) is 0.794. The van der Waals surface area contributed by atoms with Crippen LogP contribution >= 0.6 is 0 Å². The minimum atomic E-state index is -0.401. The first-order valence-corrected chi connectivity index (χ1v) is 7.76. The molecule has 24 heavy (non-hydrogen) atoms. The van der Waals surface area contributed by atoms with Gasteiger partial charge in [0, 0.05) is 18.2 Å². The zero-order valence-electron chi connectivity index (χ0n) is 13.0. The molecule has 1 saturated heterocycles. The Morgan fingerprint density at radius 1 is 1.38 bits per heavy atom. The van der Waals surface area contributed by atoms with E-state index in [0.717, 1.165) is 0 Å².